The molecule has 1 saturated carbocycles. The molecular weight excluding hydrogens is 306 g/mol. The molecule has 0 spiro atoms. The van der Waals surface area contributed by atoms with E-state index >= 15 is 0 Å². The molecule has 0 saturated heterocycles. The van der Waals surface area contributed by atoms with Crippen LogP contribution >= 0.6 is 15.9 Å². The molecule has 0 radical (unpaired) electrons. The molecule has 1 N–H and O–H groups in total. The Morgan fingerprint density at radius 1 is 1.53 bits per heavy atom. The highest BCUT2D eigenvalue weighted by molar-refractivity contribution is 9.10. The summed E-state index contributed by atoms with van der Waals surface area (Å²) in [6.45, 7) is 4.63. The Hall–Kier alpha value is -1.55. The van der Waals surface area contributed by atoms with Crippen LogP contribution in [0.25, 0.3) is 6.08 Å². The van der Waals surface area contributed by atoms with E-state index in [4.69, 9.17) is 5.11 Å². The summed E-state index contributed by atoms with van der Waals surface area (Å²) in [5.41, 5.74) is 2.00. The van der Waals surface area contributed by atoms with Crippen LogP contribution in [0.15, 0.2) is 41.4 Å². The molecule has 4 heteroatoms. The molecule has 2 rings (SSSR count). The molecule has 1 aliphatic carbocycles. The average Bonchev–Trinajstić information content (AvgIpc) is 3.18. The maximum absolute atomic E-state index is 10.5. The molecule has 19 heavy (non-hydrogen) atoms. The van der Waals surface area contributed by atoms with Crippen LogP contribution in [0, 0.1) is 0 Å². The number of carboxylic acid groups (broad SMARTS) is 1. The zero-order valence-electron chi connectivity index (χ0n) is 10.6. The minimum atomic E-state index is -0.938. The van der Waals surface area contributed by atoms with Crippen LogP contribution in [0.1, 0.15) is 18.4 Å². The number of hydrogen-bond donors (Lipinski definition) is 1. The average molecular weight is 322 g/mol. The van der Waals surface area contributed by atoms with E-state index in [1.165, 1.54) is 12.8 Å². The smallest absolute Gasteiger partial charge is 0.328 e. The van der Waals surface area contributed by atoms with Gasteiger partial charge in [0.05, 0.1) is 5.69 Å². The van der Waals surface area contributed by atoms with Crippen molar-refractivity contribution >= 4 is 33.7 Å². The predicted octanol–water partition coefficient (Wildman–Crippen LogP) is 3.70. The molecule has 0 aliphatic heterocycles. The summed E-state index contributed by atoms with van der Waals surface area (Å²) in [6.07, 6.45) is 7.08. The van der Waals surface area contributed by atoms with Gasteiger partial charge in [-0.2, -0.15) is 0 Å². The van der Waals surface area contributed by atoms with Crippen LogP contribution in [0.4, 0.5) is 5.69 Å². The number of nitrogens with zero attached hydrogens (tertiary/aromatic N) is 1. The molecule has 1 aromatic carbocycles. The largest absolute Gasteiger partial charge is 0.478 e. The molecule has 0 unspecified atom stereocenters. The number of carboxylic acids is 1. The van der Waals surface area contributed by atoms with Crippen molar-refractivity contribution in [3.63, 3.8) is 0 Å². The Morgan fingerprint density at radius 3 is 2.79 bits per heavy atom. The van der Waals surface area contributed by atoms with Gasteiger partial charge < -0.3 is 10.0 Å². The van der Waals surface area contributed by atoms with Crippen molar-refractivity contribution in [1.82, 2.24) is 0 Å². The van der Waals surface area contributed by atoms with Gasteiger partial charge in [0, 0.05) is 23.1 Å². The first-order chi connectivity index (χ1) is 9.11. The molecule has 1 aliphatic rings. The summed E-state index contributed by atoms with van der Waals surface area (Å²) in [5, 5.41) is 8.62. The van der Waals surface area contributed by atoms with E-state index in [9.17, 15) is 4.79 Å². The molecule has 0 bridgehead atoms. The zero-order chi connectivity index (χ0) is 13.8. The fraction of sp³-hybridized carbons (Fsp3) is 0.267. The number of carbonyl (C=O) groups is 1. The minimum absolute atomic E-state index is 0.606. The van der Waals surface area contributed by atoms with Gasteiger partial charge in [0.1, 0.15) is 0 Å². The normalized spacial score (nSPS) is 14.6. The van der Waals surface area contributed by atoms with E-state index in [1.807, 2.05) is 24.3 Å². The number of rotatable bonds is 6. The molecule has 1 aromatic rings. The van der Waals surface area contributed by atoms with Gasteiger partial charge in [-0.25, -0.2) is 4.79 Å². The second kappa shape index (κ2) is 6.06. The van der Waals surface area contributed by atoms with Gasteiger partial charge in [-0.05, 0) is 52.5 Å². The summed E-state index contributed by atoms with van der Waals surface area (Å²) < 4.78 is 0.980. The summed E-state index contributed by atoms with van der Waals surface area (Å²) in [6, 6.07) is 6.49. The van der Waals surface area contributed by atoms with Crippen molar-refractivity contribution < 1.29 is 9.90 Å². The fourth-order valence-electron chi connectivity index (χ4n) is 2.00. The molecule has 100 valence electrons. The topological polar surface area (TPSA) is 40.5 Å². The summed E-state index contributed by atoms with van der Waals surface area (Å²) in [5.74, 6) is -0.938. The van der Waals surface area contributed by atoms with Gasteiger partial charge >= 0.3 is 5.97 Å². The van der Waals surface area contributed by atoms with Gasteiger partial charge in [-0.3, -0.25) is 0 Å². The number of anilines is 1. The van der Waals surface area contributed by atoms with E-state index in [1.54, 1.807) is 6.08 Å². The van der Waals surface area contributed by atoms with Crippen LogP contribution in [-0.4, -0.2) is 23.7 Å². The lowest BCUT2D eigenvalue weighted by Gasteiger charge is -2.24. The second-order valence-corrected chi connectivity index (χ2v) is 5.41. The zero-order valence-corrected chi connectivity index (χ0v) is 12.1. The Bertz CT molecular complexity index is 521. The van der Waals surface area contributed by atoms with Crippen molar-refractivity contribution in [2.24, 2.45) is 0 Å². The first kappa shape index (κ1) is 13.9. The van der Waals surface area contributed by atoms with Gasteiger partial charge in [0.15, 0.2) is 0 Å². The van der Waals surface area contributed by atoms with Crippen LogP contribution in [0.2, 0.25) is 0 Å². The fourth-order valence-corrected chi connectivity index (χ4v) is 2.62. The number of aliphatic carboxylic acids is 1. The van der Waals surface area contributed by atoms with Crippen molar-refractivity contribution in [2.75, 3.05) is 11.4 Å². The lowest BCUT2D eigenvalue weighted by atomic mass is 10.1. The van der Waals surface area contributed by atoms with Gasteiger partial charge in [-0.15, -0.1) is 6.58 Å². The summed E-state index contributed by atoms with van der Waals surface area (Å²) >= 11 is 3.56. The number of benzene rings is 1. The van der Waals surface area contributed by atoms with Gasteiger partial charge in [0.2, 0.25) is 0 Å². The molecule has 1 fully saturated rings. The number of hydrogen-bond acceptors (Lipinski definition) is 2. The highest BCUT2D eigenvalue weighted by Gasteiger charge is 2.29. The summed E-state index contributed by atoms with van der Waals surface area (Å²) in [7, 11) is 0. The SMILES string of the molecule is C=CCN(c1ccc(/C=C/C(=O)O)cc1Br)C1CC1. The van der Waals surface area contributed by atoms with Crippen molar-refractivity contribution in [3.8, 4) is 0 Å². The van der Waals surface area contributed by atoms with Crippen molar-refractivity contribution in [3.05, 3.63) is 47.0 Å². The lowest BCUT2D eigenvalue weighted by molar-refractivity contribution is -0.131. The van der Waals surface area contributed by atoms with Crippen LogP contribution in [0.3, 0.4) is 0 Å². The Labute approximate surface area is 121 Å². The second-order valence-electron chi connectivity index (χ2n) is 4.55. The standard InChI is InChI=1S/C15H16BrNO2/c1-2-9-17(12-5-6-12)14-7-3-11(10-13(14)16)4-8-15(18)19/h2-4,7-8,10,12H,1,5-6,9H2,(H,18,19)/b8-4+. The highest BCUT2D eigenvalue weighted by atomic mass is 79.9. The number of halogens is 1. The molecular formula is C15H16BrNO2. The van der Waals surface area contributed by atoms with Crippen LogP contribution in [-0.2, 0) is 4.79 Å². The van der Waals surface area contributed by atoms with Crippen molar-refractivity contribution in [1.29, 1.82) is 0 Å². The minimum Gasteiger partial charge on any atom is -0.478 e. The van der Waals surface area contributed by atoms with Gasteiger partial charge in [0.25, 0.3) is 0 Å². The Kier molecular flexibility index (Phi) is 4.43. The third-order valence-electron chi connectivity index (χ3n) is 3.01. The molecule has 0 heterocycles. The monoisotopic (exact) mass is 321 g/mol. The first-order valence-electron chi connectivity index (χ1n) is 6.20. The molecule has 3 nitrogen and oxygen atoms in total. The molecule has 0 atom stereocenters. The van der Waals surface area contributed by atoms with E-state index in [2.05, 4.69) is 27.4 Å². The van der Waals surface area contributed by atoms with E-state index in [0.29, 0.717) is 6.04 Å². The van der Waals surface area contributed by atoms with E-state index in [-0.39, 0.29) is 0 Å². The Balaban J connectivity index is 2.22. The van der Waals surface area contributed by atoms with Crippen LogP contribution in [0.5, 0.6) is 0 Å². The van der Waals surface area contributed by atoms with Crippen molar-refractivity contribution in [2.45, 2.75) is 18.9 Å². The third kappa shape index (κ3) is 3.70. The first-order valence-corrected chi connectivity index (χ1v) is 6.99. The molecule has 0 amide bonds. The maximum atomic E-state index is 10.5. The predicted molar refractivity (Wildman–Crippen MR) is 81.4 cm³/mol. The van der Waals surface area contributed by atoms with Crippen LogP contribution < -0.4 is 4.90 Å². The van der Waals surface area contributed by atoms with Gasteiger partial charge in [-0.1, -0.05) is 12.1 Å². The lowest BCUT2D eigenvalue weighted by Crippen LogP contribution is -2.25. The maximum Gasteiger partial charge on any atom is 0.328 e. The quantitative estimate of drug-likeness (QED) is 0.641. The summed E-state index contributed by atoms with van der Waals surface area (Å²) in [4.78, 5) is 12.8. The third-order valence-corrected chi connectivity index (χ3v) is 3.65. The van der Waals surface area contributed by atoms with E-state index in [0.717, 1.165) is 28.3 Å². The Morgan fingerprint density at radius 2 is 2.26 bits per heavy atom. The van der Waals surface area contributed by atoms with E-state index < -0.39 is 5.97 Å². The highest BCUT2D eigenvalue weighted by Crippen LogP contribution is 2.36. The molecule has 0 aromatic heterocycles.